The normalized spacial score (nSPS) is 15.3. The van der Waals surface area contributed by atoms with Gasteiger partial charge in [-0.1, -0.05) is 61.0 Å². The number of hydrogen-bond donors (Lipinski definition) is 0. The largest absolute Gasteiger partial charge is 0.437 e. The number of benzene rings is 2. The summed E-state index contributed by atoms with van der Waals surface area (Å²) in [6, 6.07) is 15.2. The van der Waals surface area contributed by atoms with Crippen molar-refractivity contribution in [3.05, 3.63) is 92.3 Å². The Hall–Kier alpha value is -3.52. The molecule has 1 unspecified atom stereocenters. The van der Waals surface area contributed by atoms with Crippen molar-refractivity contribution in [1.82, 2.24) is 19.6 Å². The van der Waals surface area contributed by atoms with E-state index in [1.807, 2.05) is 42.5 Å². The molecule has 4 heterocycles. The van der Waals surface area contributed by atoms with Crippen LogP contribution in [0.5, 0.6) is 11.6 Å². The standard InChI is InChI=1S/C25H19BrN4O3/c1-25(2,3)24-28-21-19-17(13-7-6-8-14(26)11-13)18-20(33-22(19)27-12-30(21)29-24)15-9-4-5-10-16(15)32-23(18)31/h4-12,17H,1-3H3. The minimum absolute atomic E-state index is 0.257. The zero-order valence-corrected chi connectivity index (χ0v) is 19.8. The van der Waals surface area contributed by atoms with Crippen molar-refractivity contribution >= 4 is 32.5 Å². The molecule has 7 nitrogen and oxygen atoms in total. The van der Waals surface area contributed by atoms with Crippen LogP contribution in [0.2, 0.25) is 0 Å². The summed E-state index contributed by atoms with van der Waals surface area (Å²) in [5, 5.41) is 5.36. The molecule has 5 aromatic rings. The van der Waals surface area contributed by atoms with Gasteiger partial charge in [0.05, 0.1) is 22.4 Å². The van der Waals surface area contributed by atoms with Crippen LogP contribution < -0.4 is 10.4 Å². The lowest BCUT2D eigenvalue weighted by Gasteiger charge is -2.27. The smallest absolute Gasteiger partial charge is 0.344 e. The van der Waals surface area contributed by atoms with Gasteiger partial charge in [0.2, 0.25) is 5.88 Å². The van der Waals surface area contributed by atoms with E-state index in [4.69, 9.17) is 14.1 Å². The highest BCUT2D eigenvalue weighted by Crippen LogP contribution is 2.49. The lowest BCUT2D eigenvalue weighted by atomic mass is 9.84. The van der Waals surface area contributed by atoms with E-state index in [1.54, 1.807) is 16.9 Å². The highest BCUT2D eigenvalue weighted by Gasteiger charge is 2.38. The SMILES string of the molecule is CC(C)(C)c1nc2c3c(ncn2n1)Oc1c(c(=O)oc2ccccc12)C3c1cccc(Br)c1. The summed E-state index contributed by atoms with van der Waals surface area (Å²) in [4.78, 5) is 22.8. The van der Waals surface area contributed by atoms with Gasteiger partial charge in [0.25, 0.3) is 0 Å². The van der Waals surface area contributed by atoms with Crippen LogP contribution in [0, 0.1) is 0 Å². The molecule has 0 spiro atoms. The fourth-order valence-electron chi connectivity index (χ4n) is 4.27. The second-order valence-electron chi connectivity index (χ2n) is 9.14. The summed E-state index contributed by atoms with van der Waals surface area (Å²) >= 11 is 3.57. The van der Waals surface area contributed by atoms with Crippen molar-refractivity contribution in [3.63, 3.8) is 0 Å². The van der Waals surface area contributed by atoms with Crippen molar-refractivity contribution in [2.24, 2.45) is 0 Å². The second kappa shape index (κ2) is 6.99. The second-order valence-corrected chi connectivity index (χ2v) is 10.1. The summed E-state index contributed by atoms with van der Waals surface area (Å²) in [5.74, 6) is 1.06. The van der Waals surface area contributed by atoms with E-state index >= 15 is 0 Å². The average molecular weight is 503 g/mol. The van der Waals surface area contributed by atoms with E-state index < -0.39 is 11.5 Å². The predicted molar refractivity (Wildman–Crippen MR) is 127 cm³/mol. The molecule has 0 amide bonds. The van der Waals surface area contributed by atoms with Gasteiger partial charge in [-0.15, -0.1) is 5.10 Å². The highest BCUT2D eigenvalue weighted by atomic mass is 79.9. The van der Waals surface area contributed by atoms with E-state index in [0.29, 0.717) is 39.8 Å². The molecular weight excluding hydrogens is 484 g/mol. The maximum absolute atomic E-state index is 13.3. The molecule has 8 heteroatoms. The quantitative estimate of drug-likeness (QED) is 0.273. The topological polar surface area (TPSA) is 82.5 Å². The van der Waals surface area contributed by atoms with Crippen molar-refractivity contribution in [2.75, 3.05) is 0 Å². The van der Waals surface area contributed by atoms with Gasteiger partial charge in [-0.3, -0.25) is 0 Å². The number of ether oxygens (including phenoxy) is 1. The summed E-state index contributed by atoms with van der Waals surface area (Å²) in [5.41, 5.74) is 2.38. The van der Waals surface area contributed by atoms with Gasteiger partial charge in [-0.05, 0) is 29.8 Å². The Kier molecular flexibility index (Phi) is 4.26. The third-order valence-corrected chi connectivity index (χ3v) is 6.31. The number of halogens is 1. The number of nitrogens with zero attached hydrogens (tertiary/aromatic N) is 4. The first kappa shape index (κ1) is 20.1. The van der Waals surface area contributed by atoms with Gasteiger partial charge in [0.1, 0.15) is 11.9 Å². The zero-order valence-electron chi connectivity index (χ0n) is 18.2. The van der Waals surface area contributed by atoms with Gasteiger partial charge in [-0.25, -0.2) is 19.3 Å². The summed E-state index contributed by atoms with van der Waals surface area (Å²) in [6.07, 6.45) is 1.60. The van der Waals surface area contributed by atoms with Gasteiger partial charge >= 0.3 is 5.63 Å². The van der Waals surface area contributed by atoms with Crippen molar-refractivity contribution < 1.29 is 9.15 Å². The molecular formula is C25H19BrN4O3. The summed E-state index contributed by atoms with van der Waals surface area (Å²) < 4.78 is 14.6. The molecule has 6 rings (SSSR count). The van der Waals surface area contributed by atoms with Crippen LogP contribution in [-0.4, -0.2) is 19.6 Å². The summed E-state index contributed by atoms with van der Waals surface area (Å²) in [6.45, 7) is 6.17. The Bertz CT molecular complexity index is 1630. The lowest BCUT2D eigenvalue weighted by Crippen LogP contribution is -2.22. The molecule has 0 aliphatic carbocycles. The molecule has 164 valence electrons. The molecule has 0 N–H and O–H groups in total. The highest BCUT2D eigenvalue weighted by molar-refractivity contribution is 9.10. The fourth-order valence-corrected chi connectivity index (χ4v) is 4.68. The van der Waals surface area contributed by atoms with Crippen molar-refractivity contribution in [3.8, 4) is 11.6 Å². The minimum atomic E-state index is -0.490. The predicted octanol–water partition coefficient (Wildman–Crippen LogP) is 5.58. The molecule has 3 aromatic heterocycles. The molecule has 0 radical (unpaired) electrons. The van der Waals surface area contributed by atoms with Crippen LogP contribution in [0.15, 0.2) is 68.5 Å². The van der Waals surface area contributed by atoms with E-state index in [0.717, 1.165) is 15.4 Å². The van der Waals surface area contributed by atoms with Gasteiger partial charge in [0, 0.05) is 9.89 Å². The zero-order chi connectivity index (χ0) is 22.9. The van der Waals surface area contributed by atoms with Gasteiger partial charge < -0.3 is 9.15 Å². The van der Waals surface area contributed by atoms with E-state index in [-0.39, 0.29) is 5.41 Å². The van der Waals surface area contributed by atoms with Crippen LogP contribution >= 0.6 is 15.9 Å². The fraction of sp³-hybridized carbons (Fsp3) is 0.200. The van der Waals surface area contributed by atoms with Crippen molar-refractivity contribution in [2.45, 2.75) is 32.1 Å². The first-order valence-corrected chi connectivity index (χ1v) is 11.4. The van der Waals surface area contributed by atoms with E-state index in [1.165, 1.54) is 0 Å². The lowest BCUT2D eigenvalue weighted by molar-refractivity contribution is 0.422. The maximum Gasteiger partial charge on any atom is 0.344 e. The van der Waals surface area contributed by atoms with Crippen LogP contribution in [0.3, 0.4) is 0 Å². The molecule has 0 saturated heterocycles. The Morgan fingerprint density at radius 1 is 1.06 bits per heavy atom. The number of fused-ring (bicyclic) bond motifs is 6. The van der Waals surface area contributed by atoms with E-state index in [9.17, 15) is 4.79 Å². The first-order chi connectivity index (χ1) is 15.8. The molecule has 33 heavy (non-hydrogen) atoms. The Morgan fingerprint density at radius 3 is 2.67 bits per heavy atom. The molecule has 0 bridgehead atoms. The Morgan fingerprint density at radius 2 is 1.88 bits per heavy atom. The number of para-hydroxylation sites is 1. The van der Waals surface area contributed by atoms with Crippen LogP contribution in [0.25, 0.3) is 16.6 Å². The monoisotopic (exact) mass is 502 g/mol. The maximum atomic E-state index is 13.3. The molecule has 0 fully saturated rings. The molecule has 0 saturated carbocycles. The third kappa shape index (κ3) is 3.08. The van der Waals surface area contributed by atoms with Crippen molar-refractivity contribution in [1.29, 1.82) is 0 Å². The van der Waals surface area contributed by atoms with Gasteiger partial charge in [0.15, 0.2) is 17.2 Å². The van der Waals surface area contributed by atoms with Crippen LogP contribution in [0.1, 0.15) is 49.2 Å². The van der Waals surface area contributed by atoms with E-state index in [2.05, 4.69) is 46.8 Å². The Labute approximate surface area is 197 Å². The average Bonchev–Trinajstić information content (AvgIpc) is 3.23. The first-order valence-electron chi connectivity index (χ1n) is 10.6. The molecule has 1 aliphatic heterocycles. The number of rotatable bonds is 1. The molecule has 1 atom stereocenters. The molecule has 1 aliphatic rings. The van der Waals surface area contributed by atoms with Gasteiger partial charge in [-0.2, -0.15) is 0 Å². The molecule has 2 aromatic carbocycles. The number of hydrogen-bond acceptors (Lipinski definition) is 6. The minimum Gasteiger partial charge on any atom is -0.437 e. The summed E-state index contributed by atoms with van der Waals surface area (Å²) in [7, 11) is 0. The number of aromatic nitrogens is 4. The Balaban J connectivity index is 1.73. The third-order valence-electron chi connectivity index (χ3n) is 5.81. The van der Waals surface area contributed by atoms with Crippen LogP contribution in [0.4, 0.5) is 0 Å². The van der Waals surface area contributed by atoms with Crippen LogP contribution in [-0.2, 0) is 5.41 Å².